The second kappa shape index (κ2) is 4.56. The van der Waals surface area contributed by atoms with Gasteiger partial charge < -0.3 is 15.0 Å². The number of benzene rings is 1. The molecule has 1 saturated heterocycles. The van der Waals surface area contributed by atoms with E-state index in [1.54, 1.807) is 17.1 Å². The molecule has 0 bridgehead atoms. The highest BCUT2D eigenvalue weighted by Crippen LogP contribution is 2.27. The Morgan fingerprint density at radius 3 is 3.05 bits per heavy atom. The Balaban J connectivity index is 1.55. The summed E-state index contributed by atoms with van der Waals surface area (Å²) in [5.74, 6) is 0.811. The molecule has 1 unspecified atom stereocenters. The van der Waals surface area contributed by atoms with Crippen molar-refractivity contribution in [2.24, 2.45) is 0 Å². The van der Waals surface area contributed by atoms with Crippen molar-refractivity contribution in [1.82, 2.24) is 25.0 Å². The van der Waals surface area contributed by atoms with E-state index in [2.05, 4.69) is 25.2 Å². The number of rotatable bonds is 3. The first-order valence-electron chi connectivity index (χ1n) is 6.98. The molecular weight excluding hydrogens is 268 g/mol. The second-order valence-electron chi connectivity index (χ2n) is 5.57. The van der Waals surface area contributed by atoms with Crippen LogP contribution >= 0.6 is 0 Å². The number of H-pyrrole nitrogens is 1. The summed E-state index contributed by atoms with van der Waals surface area (Å²) in [6.07, 6.45) is 4.07. The molecule has 21 heavy (non-hydrogen) atoms. The summed E-state index contributed by atoms with van der Waals surface area (Å²) < 4.78 is 1.67. The molecule has 0 aliphatic carbocycles. The Morgan fingerprint density at radius 2 is 2.24 bits per heavy atom. The Hall–Kier alpha value is -2.41. The maximum absolute atomic E-state index is 10.7. The zero-order valence-electron chi connectivity index (χ0n) is 11.5. The molecule has 4 rings (SSSR count). The van der Waals surface area contributed by atoms with E-state index in [4.69, 9.17) is 0 Å². The third-order valence-electron chi connectivity index (χ3n) is 3.94. The summed E-state index contributed by atoms with van der Waals surface area (Å²) in [6, 6.07) is 7.93. The van der Waals surface area contributed by atoms with Crippen LogP contribution in [0.15, 0.2) is 36.7 Å². The number of anilines is 1. The van der Waals surface area contributed by atoms with E-state index in [1.165, 1.54) is 0 Å². The molecule has 1 aromatic carbocycles. The van der Waals surface area contributed by atoms with Gasteiger partial charge in [0.05, 0.1) is 30.3 Å². The predicted octanol–water partition coefficient (Wildman–Crippen LogP) is 0.796. The van der Waals surface area contributed by atoms with Crippen molar-refractivity contribution in [2.75, 3.05) is 18.0 Å². The molecule has 7 nitrogen and oxygen atoms in total. The molecule has 1 aliphatic rings. The molecule has 108 valence electrons. The fourth-order valence-electron chi connectivity index (χ4n) is 2.87. The van der Waals surface area contributed by atoms with Crippen LogP contribution in [-0.2, 0) is 6.54 Å². The van der Waals surface area contributed by atoms with E-state index in [0.29, 0.717) is 19.5 Å². The highest BCUT2D eigenvalue weighted by Gasteiger charge is 2.37. The number of aromatic amines is 1. The average Bonchev–Trinajstić information content (AvgIpc) is 3.18. The molecule has 0 radical (unpaired) electrons. The van der Waals surface area contributed by atoms with Gasteiger partial charge in [0.1, 0.15) is 5.60 Å². The van der Waals surface area contributed by atoms with Crippen molar-refractivity contribution in [3.63, 3.8) is 0 Å². The molecule has 0 spiro atoms. The number of aromatic nitrogens is 5. The van der Waals surface area contributed by atoms with Gasteiger partial charge in [0.2, 0.25) is 5.95 Å². The van der Waals surface area contributed by atoms with Crippen LogP contribution in [0.5, 0.6) is 0 Å². The number of aliphatic hydroxyl groups is 1. The Labute approximate surface area is 121 Å². The van der Waals surface area contributed by atoms with Gasteiger partial charge >= 0.3 is 0 Å². The lowest BCUT2D eigenvalue weighted by atomic mass is 10.0. The predicted molar refractivity (Wildman–Crippen MR) is 77.9 cm³/mol. The van der Waals surface area contributed by atoms with Crippen LogP contribution < -0.4 is 4.90 Å². The number of nitrogens with zero attached hydrogens (tertiary/aromatic N) is 5. The molecule has 1 atom stereocenters. The topological polar surface area (TPSA) is 82.9 Å². The molecule has 2 aromatic heterocycles. The maximum atomic E-state index is 10.7. The first-order valence-corrected chi connectivity index (χ1v) is 6.98. The van der Waals surface area contributed by atoms with E-state index >= 15 is 0 Å². The van der Waals surface area contributed by atoms with E-state index in [-0.39, 0.29) is 0 Å². The van der Waals surface area contributed by atoms with Crippen molar-refractivity contribution in [3.8, 4) is 0 Å². The SMILES string of the molecule is OC1(Cn2ccnn2)CCN(c2nc3ccccc3[nH]2)C1. The first kappa shape index (κ1) is 12.3. The van der Waals surface area contributed by atoms with Crippen molar-refractivity contribution in [1.29, 1.82) is 0 Å². The summed E-state index contributed by atoms with van der Waals surface area (Å²) in [4.78, 5) is 9.97. The van der Waals surface area contributed by atoms with Crippen molar-refractivity contribution < 1.29 is 5.11 Å². The first-order chi connectivity index (χ1) is 10.2. The van der Waals surface area contributed by atoms with E-state index in [1.807, 2.05) is 24.3 Å². The van der Waals surface area contributed by atoms with Crippen LogP contribution in [0, 0.1) is 0 Å². The average molecular weight is 284 g/mol. The molecule has 0 amide bonds. The molecule has 3 heterocycles. The number of β-amino-alcohol motifs (C(OH)–C–C–N with tert-alkyl or cyclic N) is 1. The van der Waals surface area contributed by atoms with Crippen LogP contribution in [0.25, 0.3) is 11.0 Å². The van der Waals surface area contributed by atoms with Gasteiger partial charge in [0, 0.05) is 12.7 Å². The highest BCUT2D eigenvalue weighted by atomic mass is 16.3. The van der Waals surface area contributed by atoms with Gasteiger partial charge in [-0.2, -0.15) is 0 Å². The summed E-state index contributed by atoms with van der Waals surface area (Å²) in [5, 5.41) is 18.4. The quantitative estimate of drug-likeness (QED) is 0.743. The van der Waals surface area contributed by atoms with Gasteiger partial charge in [-0.25, -0.2) is 9.67 Å². The summed E-state index contributed by atoms with van der Waals surface area (Å²) in [5.41, 5.74) is 1.16. The minimum atomic E-state index is -0.799. The van der Waals surface area contributed by atoms with Gasteiger partial charge in [-0.3, -0.25) is 0 Å². The smallest absolute Gasteiger partial charge is 0.203 e. The van der Waals surface area contributed by atoms with E-state index in [9.17, 15) is 5.11 Å². The van der Waals surface area contributed by atoms with E-state index < -0.39 is 5.60 Å². The maximum Gasteiger partial charge on any atom is 0.203 e. The molecule has 7 heteroatoms. The number of nitrogens with one attached hydrogen (secondary N) is 1. The van der Waals surface area contributed by atoms with Gasteiger partial charge in [0.25, 0.3) is 0 Å². The number of fused-ring (bicyclic) bond motifs is 1. The Morgan fingerprint density at radius 1 is 1.33 bits per heavy atom. The minimum Gasteiger partial charge on any atom is -0.386 e. The summed E-state index contributed by atoms with van der Waals surface area (Å²) in [7, 11) is 0. The van der Waals surface area contributed by atoms with Crippen LogP contribution in [0.4, 0.5) is 5.95 Å². The van der Waals surface area contributed by atoms with Crippen molar-refractivity contribution in [3.05, 3.63) is 36.7 Å². The van der Waals surface area contributed by atoms with Gasteiger partial charge in [-0.05, 0) is 18.6 Å². The molecule has 1 aliphatic heterocycles. The number of hydrogen-bond donors (Lipinski definition) is 2. The number of imidazole rings is 1. The van der Waals surface area contributed by atoms with Crippen LogP contribution in [-0.4, -0.2) is 48.8 Å². The monoisotopic (exact) mass is 284 g/mol. The zero-order valence-corrected chi connectivity index (χ0v) is 11.5. The number of hydrogen-bond acceptors (Lipinski definition) is 5. The fraction of sp³-hybridized carbons (Fsp3) is 0.357. The minimum absolute atomic E-state index is 0.448. The summed E-state index contributed by atoms with van der Waals surface area (Å²) >= 11 is 0. The largest absolute Gasteiger partial charge is 0.386 e. The molecule has 3 aromatic rings. The highest BCUT2D eigenvalue weighted by molar-refractivity contribution is 5.77. The third-order valence-corrected chi connectivity index (χ3v) is 3.94. The lowest BCUT2D eigenvalue weighted by molar-refractivity contribution is 0.0408. The zero-order chi connectivity index (χ0) is 14.3. The molecule has 2 N–H and O–H groups in total. The molecule has 0 saturated carbocycles. The number of para-hydroxylation sites is 2. The van der Waals surface area contributed by atoms with Gasteiger partial charge in [-0.1, -0.05) is 17.3 Å². The normalized spacial score (nSPS) is 22.2. The van der Waals surface area contributed by atoms with Crippen LogP contribution in [0.3, 0.4) is 0 Å². The molecular formula is C14H16N6O. The standard InChI is InChI=1S/C14H16N6O/c21-14(10-20-8-6-15-18-20)5-7-19(9-14)13-16-11-3-1-2-4-12(11)17-13/h1-4,6,8,21H,5,7,9-10H2,(H,16,17). The summed E-state index contributed by atoms with van der Waals surface area (Å²) in [6.45, 7) is 1.75. The second-order valence-corrected chi connectivity index (χ2v) is 5.57. The van der Waals surface area contributed by atoms with Gasteiger partial charge in [0.15, 0.2) is 0 Å². The Bertz CT molecular complexity index is 719. The van der Waals surface area contributed by atoms with Gasteiger partial charge in [-0.15, -0.1) is 5.10 Å². The Kier molecular flexibility index (Phi) is 2.68. The van der Waals surface area contributed by atoms with Crippen LogP contribution in [0.1, 0.15) is 6.42 Å². The third kappa shape index (κ3) is 2.25. The lowest BCUT2D eigenvalue weighted by Crippen LogP contribution is -2.38. The van der Waals surface area contributed by atoms with Crippen LogP contribution in [0.2, 0.25) is 0 Å². The van der Waals surface area contributed by atoms with Crippen molar-refractivity contribution >= 4 is 17.0 Å². The molecule has 1 fully saturated rings. The lowest BCUT2D eigenvalue weighted by Gasteiger charge is -2.22. The van der Waals surface area contributed by atoms with Crippen molar-refractivity contribution in [2.45, 2.75) is 18.6 Å². The van der Waals surface area contributed by atoms with E-state index in [0.717, 1.165) is 23.5 Å². The fourth-order valence-corrected chi connectivity index (χ4v) is 2.87.